The topological polar surface area (TPSA) is 72.5 Å². The van der Waals surface area contributed by atoms with Gasteiger partial charge in [0.15, 0.2) is 0 Å². The van der Waals surface area contributed by atoms with Crippen molar-refractivity contribution in [3.8, 4) is 5.75 Å². The van der Waals surface area contributed by atoms with Gasteiger partial charge >= 0.3 is 5.97 Å². The first-order valence-corrected chi connectivity index (χ1v) is 6.89. The number of benzene rings is 2. The number of ether oxygens (including phenoxy) is 1. The minimum absolute atomic E-state index is 0.00890. The van der Waals surface area contributed by atoms with Crippen molar-refractivity contribution >= 4 is 5.97 Å². The Hall–Kier alpha value is -2.33. The molecule has 21 heavy (non-hydrogen) atoms. The maximum Gasteiger partial charge on any atom is 0.307 e. The Morgan fingerprint density at radius 2 is 1.71 bits per heavy atom. The van der Waals surface area contributed by atoms with Crippen LogP contribution in [-0.4, -0.2) is 17.6 Å². The van der Waals surface area contributed by atoms with Crippen molar-refractivity contribution in [2.24, 2.45) is 5.73 Å². The first-order chi connectivity index (χ1) is 10.2. The van der Waals surface area contributed by atoms with E-state index in [9.17, 15) is 4.79 Å². The number of hydrogen-bond donors (Lipinski definition) is 2. The lowest BCUT2D eigenvalue weighted by molar-refractivity contribution is -0.136. The number of nitrogens with two attached hydrogens (primary N) is 1. The number of carboxylic acids is 1. The minimum atomic E-state index is -0.839. The predicted octanol–water partition coefficient (Wildman–Crippen LogP) is 2.39. The van der Waals surface area contributed by atoms with E-state index in [4.69, 9.17) is 15.6 Å². The number of aliphatic carboxylic acids is 1. The molecular weight excluding hydrogens is 266 g/mol. The summed E-state index contributed by atoms with van der Waals surface area (Å²) in [6.07, 6.45) is 0.858. The summed E-state index contributed by atoms with van der Waals surface area (Å²) in [6, 6.07) is 15.2. The summed E-state index contributed by atoms with van der Waals surface area (Å²) in [7, 11) is 0. The summed E-state index contributed by atoms with van der Waals surface area (Å²) in [4.78, 5) is 10.8. The molecule has 0 aliphatic carbocycles. The van der Waals surface area contributed by atoms with Gasteiger partial charge in [-0.3, -0.25) is 4.79 Å². The van der Waals surface area contributed by atoms with E-state index in [-0.39, 0.29) is 6.42 Å². The highest BCUT2D eigenvalue weighted by molar-refractivity contribution is 5.70. The molecule has 0 bridgehead atoms. The molecule has 0 radical (unpaired) electrons. The lowest BCUT2D eigenvalue weighted by Gasteiger charge is -2.10. The van der Waals surface area contributed by atoms with Crippen LogP contribution in [0.4, 0.5) is 0 Å². The fraction of sp³-hybridized carbons (Fsp3) is 0.235. The summed E-state index contributed by atoms with van der Waals surface area (Å²) < 4.78 is 5.72. The Labute approximate surface area is 124 Å². The molecule has 3 N–H and O–H groups in total. The normalized spacial score (nSPS) is 10.3. The van der Waals surface area contributed by atoms with E-state index in [1.807, 2.05) is 48.5 Å². The maximum absolute atomic E-state index is 10.8. The van der Waals surface area contributed by atoms with Crippen LogP contribution < -0.4 is 10.5 Å². The SMILES string of the molecule is NCCc1ccc(OCc2ccccc2CC(=O)O)cc1. The van der Waals surface area contributed by atoms with E-state index < -0.39 is 5.97 Å². The summed E-state index contributed by atoms with van der Waals surface area (Å²) >= 11 is 0. The zero-order valence-electron chi connectivity index (χ0n) is 11.8. The maximum atomic E-state index is 10.8. The van der Waals surface area contributed by atoms with Crippen LogP contribution in [0.15, 0.2) is 48.5 Å². The fourth-order valence-corrected chi connectivity index (χ4v) is 2.11. The monoisotopic (exact) mass is 285 g/mol. The molecule has 4 heteroatoms. The zero-order valence-corrected chi connectivity index (χ0v) is 11.8. The van der Waals surface area contributed by atoms with Gasteiger partial charge in [-0.1, -0.05) is 36.4 Å². The minimum Gasteiger partial charge on any atom is -0.489 e. The van der Waals surface area contributed by atoms with Crippen LogP contribution in [0.5, 0.6) is 5.75 Å². The first-order valence-electron chi connectivity index (χ1n) is 6.89. The second-order valence-corrected chi connectivity index (χ2v) is 4.81. The van der Waals surface area contributed by atoms with Gasteiger partial charge in [0, 0.05) is 0 Å². The van der Waals surface area contributed by atoms with Gasteiger partial charge < -0.3 is 15.6 Å². The third-order valence-corrected chi connectivity index (χ3v) is 3.21. The van der Waals surface area contributed by atoms with Crippen molar-refractivity contribution < 1.29 is 14.6 Å². The predicted molar refractivity (Wildman–Crippen MR) is 81.3 cm³/mol. The van der Waals surface area contributed by atoms with Gasteiger partial charge in [-0.25, -0.2) is 0 Å². The van der Waals surface area contributed by atoms with Gasteiger partial charge in [-0.05, 0) is 41.8 Å². The van der Waals surface area contributed by atoms with Crippen molar-refractivity contribution in [1.29, 1.82) is 0 Å². The van der Waals surface area contributed by atoms with Gasteiger partial charge in [0.2, 0.25) is 0 Å². The molecule has 0 spiro atoms. The van der Waals surface area contributed by atoms with Gasteiger partial charge in [-0.2, -0.15) is 0 Å². The molecule has 0 unspecified atom stereocenters. The van der Waals surface area contributed by atoms with Crippen molar-refractivity contribution in [1.82, 2.24) is 0 Å². The molecule has 0 amide bonds. The third kappa shape index (κ3) is 4.61. The molecule has 0 aliphatic rings. The van der Waals surface area contributed by atoms with E-state index in [1.165, 1.54) is 5.56 Å². The Morgan fingerprint density at radius 3 is 2.33 bits per heavy atom. The molecule has 4 nitrogen and oxygen atoms in total. The smallest absolute Gasteiger partial charge is 0.307 e. The fourth-order valence-electron chi connectivity index (χ4n) is 2.11. The van der Waals surface area contributed by atoms with Crippen LogP contribution >= 0.6 is 0 Å². The first kappa shape index (κ1) is 15.1. The highest BCUT2D eigenvalue weighted by Crippen LogP contribution is 2.16. The van der Waals surface area contributed by atoms with E-state index in [0.29, 0.717) is 13.2 Å². The molecule has 0 fully saturated rings. The van der Waals surface area contributed by atoms with Crippen molar-refractivity contribution in [3.05, 3.63) is 65.2 Å². The van der Waals surface area contributed by atoms with E-state index >= 15 is 0 Å². The molecule has 0 saturated carbocycles. The molecule has 0 saturated heterocycles. The molecule has 110 valence electrons. The summed E-state index contributed by atoms with van der Waals surface area (Å²) in [5.74, 6) is -0.0745. The lowest BCUT2D eigenvalue weighted by Crippen LogP contribution is -2.06. The summed E-state index contributed by atoms with van der Waals surface area (Å²) in [5.41, 5.74) is 8.36. The summed E-state index contributed by atoms with van der Waals surface area (Å²) in [6.45, 7) is 0.989. The second kappa shape index (κ2) is 7.45. The standard InChI is InChI=1S/C17H19NO3/c18-10-9-13-5-7-16(8-6-13)21-12-15-4-2-1-3-14(15)11-17(19)20/h1-8H,9-12,18H2,(H,19,20). The average molecular weight is 285 g/mol. The van der Waals surface area contributed by atoms with Crippen LogP contribution in [-0.2, 0) is 24.2 Å². The van der Waals surface area contributed by atoms with E-state index in [2.05, 4.69) is 0 Å². The molecule has 0 heterocycles. The number of carbonyl (C=O) groups is 1. The van der Waals surface area contributed by atoms with Crippen molar-refractivity contribution in [2.45, 2.75) is 19.4 Å². The van der Waals surface area contributed by atoms with Gasteiger partial charge in [0.05, 0.1) is 6.42 Å². The van der Waals surface area contributed by atoms with E-state index in [0.717, 1.165) is 23.3 Å². The average Bonchev–Trinajstić information content (AvgIpc) is 2.48. The van der Waals surface area contributed by atoms with Crippen molar-refractivity contribution in [2.75, 3.05) is 6.54 Å². The van der Waals surface area contributed by atoms with E-state index in [1.54, 1.807) is 0 Å². The quantitative estimate of drug-likeness (QED) is 0.819. The molecular formula is C17H19NO3. The van der Waals surface area contributed by atoms with Crippen LogP contribution in [0.25, 0.3) is 0 Å². The van der Waals surface area contributed by atoms with Gasteiger partial charge in [0.1, 0.15) is 12.4 Å². The largest absolute Gasteiger partial charge is 0.489 e. The highest BCUT2D eigenvalue weighted by Gasteiger charge is 2.06. The number of hydrogen-bond acceptors (Lipinski definition) is 3. The molecule has 0 aromatic heterocycles. The van der Waals surface area contributed by atoms with Crippen LogP contribution in [0.3, 0.4) is 0 Å². The van der Waals surface area contributed by atoms with Crippen LogP contribution in [0.1, 0.15) is 16.7 Å². The number of rotatable bonds is 7. The Morgan fingerprint density at radius 1 is 1.05 bits per heavy atom. The highest BCUT2D eigenvalue weighted by atomic mass is 16.5. The van der Waals surface area contributed by atoms with Crippen molar-refractivity contribution in [3.63, 3.8) is 0 Å². The Kier molecular flexibility index (Phi) is 5.35. The Bertz CT molecular complexity index is 593. The lowest BCUT2D eigenvalue weighted by atomic mass is 10.1. The third-order valence-electron chi connectivity index (χ3n) is 3.21. The Balaban J connectivity index is 2.00. The van der Waals surface area contributed by atoms with Gasteiger partial charge in [0.25, 0.3) is 0 Å². The summed E-state index contributed by atoms with van der Waals surface area (Å²) in [5, 5.41) is 8.91. The number of carboxylic acid groups (broad SMARTS) is 1. The molecule has 2 aromatic carbocycles. The van der Waals surface area contributed by atoms with Gasteiger partial charge in [-0.15, -0.1) is 0 Å². The molecule has 0 aliphatic heterocycles. The molecule has 0 atom stereocenters. The van der Waals surface area contributed by atoms with Crippen LogP contribution in [0, 0.1) is 0 Å². The molecule has 2 rings (SSSR count). The molecule has 2 aromatic rings. The van der Waals surface area contributed by atoms with Crippen LogP contribution in [0.2, 0.25) is 0 Å². The second-order valence-electron chi connectivity index (χ2n) is 4.81. The zero-order chi connectivity index (χ0) is 15.1.